The van der Waals surface area contributed by atoms with E-state index in [1.165, 1.54) is 31.7 Å². The Morgan fingerprint density at radius 2 is 1.62 bits per heavy atom. The van der Waals surface area contributed by atoms with Gasteiger partial charge in [-0.15, -0.1) is 11.3 Å². The number of hydrogen-bond donors (Lipinski definition) is 0. The van der Waals surface area contributed by atoms with Crippen molar-refractivity contribution in [2.24, 2.45) is 0 Å². The Morgan fingerprint density at radius 1 is 0.810 bits per heavy atom. The number of thiophene rings is 1. The molecule has 1 heteroatoms. The lowest BCUT2D eigenvalue weighted by Crippen LogP contribution is -1.87. The lowest BCUT2D eigenvalue weighted by atomic mass is 9.95. The van der Waals surface area contributed by atoms with Gasteiger partial charge in [-0.05, 0) is 30.0 Å². The van der Waals surface area contributed by atoms with Crippen molar-refractivity contribution in [1.82, 2.24) is 0 Å². The van der Waals surface area contributed by atoms with Crippen LogP contribution in [-0.2, 0) is 0 Å². The predicted octanol–water partition coefficient (Wildman–Crippen LogP) is 6.30. The first-order valence-electron chi connectivity index (χ1n) is 7.37. The van der Waals surface area contributed by atoms with Crippen LogP contribution in [0.25, 0.3) is 26.1 Å². The molecule has 0 radical (unpaired) electrons. The van der Waals surface area contributed by atoms with Crippen LogP contribution in [0.2, 0.25) is 0 Å². The van der Waals surface area contributed by atoms with E-state index in [4.69, 9.17) is 0 Å². The molecule has 0 amide bonds. The lowest BCUT2D eigenvalue weighted by molar-refractivity contribution is 1.04. The van der Waals surface area contributed by atoms with Gasteiger partial charge >= 0.3 is 0 Å². The summed E-state index contributed by atoms with van der Waals surface area (Å²) in [6, 6.07) is 19.5. The normalized spacial score (nSPS) is 14.4. The minimum absolute atomic E-state index is 1.14. The lowest BCUT2D eigenvalue weighted by Gasteiger charge is -2.09. The fourth-order valence-corrected chi connectivity index (χ4v) is 4.15. The molecule has 1 aliphatic rings. The molecule has 3 aromatic rings. The maximum Gasteiger partial charge on any atom is 0.0433 e. The molecule has 0 bridgehead atoms. The zero-order chi connectivity index (χ0) is 14.1. The Bertz CT molecular complexity index is 835. The summed E-state index contributed by atoms with van der Waals surface area (Å²) in [5.74, 6) is 0. The third-order valence-corrected chi connectivity index (χ3v) is 5.13. The molecule has 1 heterocycles. The largest absolute Gasteiger partial charge is 0.135 e. The topological polar surface area (TPSA) is 0 Å². The number of rotatable bonds is 2. The van der Waals surface area contributed by atoms with Crippen LogP contribution in [0.3, 0.4) is 0 Å². The fourth-order valence-electron chi connectivity index (χ4n) is 2.92. The van der Waals surface area contributed by atoms with E-state index in [2.05, 4.69) is 72.8 Å². The zero-order valence-electron chi connectivity index (χ0n) is 11.8. The van der Waals surface area contributed by atoms with Crippen LogP contribution in [0, 0.1) is 0 Å². The Hall–Kier alpha value is -2.12. The maximum absolute atomic E-state index is 2.38. The van der Waals surface area contributed by atoms with E-state index in [9.17, 15) is 0 Å². The smallest absolute Gasteiger partial charge is 0.0433 e. The van der Waals surface area contributed by atoms with E-state index >= 15 is 0 Å². The fraction of sp³-hybridized carbons (Fsp3) is 0.100. The predicted molar refractivity (Wildman–Crippen MR) is 93.6 cm³/mol. The Balaban J connectivity index is 2.02. The number of hydrogen-bond acceptors (Lipinski definition) is 1. The quantitative estimate of drug-likeness (QED) is 0.519. The van der Waals surface area contributed by atoms with Crippen molar-refractivity contribution in [3.8, 4) is 10.4 Å². The molecule has 0 aliphatic heterocycles. The van der Waals surface area contributed by atoms with Crippen molar-refractivity contribution in [3.05, 3.63) is 78.4 Å². The second kappa shape index (κ2) is 5.34. The first kappa shape index (κ1) is 12.6. The average Bonchev–Trinajstić information content (AvgIpc) is 2.96. The third-order valence-electron chi connectivity index (χ3n) is 3.92. The van der Waals surface area contributed by atoms with Gasteiger partial charge in [0.1, 0.15) is 0 Å². The van der Waals surface area contributed by atoms with Crippen LogP contribution >= 0.6 is 11.3 Å². The molecular weight excluding hydrogens is 272 g/mol. The Morgan fingerprint density at radius 3 is 2.43 bits per heavy atom. The standard InChI is InChI=1S/C20H16S/c1-3-9-15(10-4-1)19-17-13-7-8-14-18(17)21-20(19)16-11-5-2-6-12-16/h2-3,5-14H,1,4H2. The molecule has 0 unspecified atom stereocenters. The van der Waals surface area contributed by atoms with E-state index in [0.29, 0.717) is 0 Å². The summed E-state index contributed by atoms with van der Waals surface area (Å²) in [6.45, 7) is 0. The van der Waals surface area contributed by atoms with Crippen LogP contribution in [0.4, 0.5) is 0 Å². The highest BCUT2D eigenvalue weighted by atomic mass is 32.1. The first-order chi connectivity index (χ1) is 10.4. The zero-order valence-corrected chi connectivity index (χ0v) is 12.6. The Kier molecular flexibility index (Phi) is 3.21. The van der Waals surface area contributed by atoms with Gasteiger partial charge in [0.25, 0.3) is 0 Å². The molecule has 0 nitrogen and oxygen atoms in total. The summed E-state index contributed by atoms with van der Waals surface area (Å²) < 4.78 is 1.37. The van der Waals surface area contributed by atoms with Gasteiger partial charge in [-0.2, -0.15) is 0 Å². The van der Waals surface area contributed by atoms with Crippen LogP contribution < -0.4 is 0 Å². The summed E-state index contributed by atoms with van der Waals surface area (Å²) >= 11 is 1.90. The molecule has 2 aromatic carbocycles. The Labute approximate surface area is 129 Å². The van der Waals surface area contributed by atoms with E-state index < -0.39 is 0 Å². The minimum Gasteiger partial charge on any atom is -0.135 e. The van der Waals surface area contributed by atoms with E-state index in [-0.39, 0.29) is 0 Å². The van der Waals surface area contributed by atoms with Crippen molar-refractivity contribution in [1.29, 1.82) is 0 Å². The van der Waals surface area contributed by atoms with Gasteiger partial charge in [-0.25, -0.2) is 0 Å². The first-order valence-corrected chi connectivity index (χ1v) is 8.19. The molecule has 4 rings (SSSR count). The summed E-state index contributed by atoms with van der Waals surface area (Å²) in [5, 5.41) is 1.37. The molecular formula is C20H16S. The molecule has 0 fully saturated rings. The van der Waals surface area contributed by atoms with Crippen molar-refractivity contribution in [2.75, 3.05) is 0 Å². The van der Waals surface area contributed by atoms with Gasteiger partial charge in [0.15, 0.2) is 0 Å². The van der Waals surface area contributed by atoms with Crippen LogP contribution in [0.15, 0.2) is 72.8 Å². The molecule has 0 atom stereocenters. The van der Waals surface area contributed by atoms with Crippen LogP contribution in [0.5, 0.6) is 0 Å². The molecule has 21 heavy (non-hydrogen) atoms. The molecule has 1 aromatic heterocycles. The number of fused-ring (bicyclic) bond motifs is 1. The molecule has 102 valence electrons. The van der Waals surface area contributed by atoms with E-state index in [1.54, 1.807) is 0 Å². The van der Waals surface area contributed by atoms with E-state index in [0.717, 1.165) is 12.8 Å². The maximum atomic E-state index is 2.38. The summed E-state index contributed by atoms with van der Waals surface area (Å²) in [5.41, 5.74) is 4.09. The highest BCUT2D eigenvalue weighted by Gasteiger charge is 2.16. The van der Waals surface area contributed by atoms with Gasteiger partial charge in [0.05, 0.1) is 0 Å². The third kappa shape index (κ3) is 2.24. The number of allylic oxidation sites excluding steroid dienone is 4. The molecule has 0 N–H and O–H groups in total. The van der Waals surface area contributed by atoms with Crippen molar-refractivity contribution < 1.29 is 0 Å². The van der Waals surface area contributed by atoms with Crippen molar-refractivity contribution >= 4 is 27.0 Å². The van der Waals surface area contributed by atoms with Gasteiger partial charge in [0.2, 0.25) is 0 Å². The average molecular weight is 288 g/mol. The molecule has 1 aliphatic carbocycles. The van der Waals surface area contributed by atoms with Crippen molar-refractivity contribution in [3.63, 3.8) is 0 Å². The van der Waals surface area contributed by atoms with Gasteiger partial charge < -0.3 is 0 Å². The van der Waals surface area contributed by atoms with Gasteiger partial charge in [-0.3, -0.25) is 0 Å². The highest BCUT2D eigenvalue weighted by Crippen LogP contribution is 2.43. The second-order valence-electron chi connectivity index (χ2n) is 5.31. The van der Waals surface area contributed by atoms with Crippen LogP contribution in [-0.4, -0.2) is 0 Å². The highest BCUT2D eigenvalue weighted by molar-refractivity contribution is 7.22. The SMILES string of the molecule is C1=CC(c2c(-c3ccccc3)sc3ccccc23)=CCC1. The second-order valence-corrected chi connectivity index (χ2v) is 6.36. The van der Waals surface area contributed by atoms with Gasteiger partial charge in [-0.1, -0.05) is 66.8 Å². The minimum atomic E-state index is 1.14. The number of benzene rings is 2. The summed E-state index contributed by atoms with van der Waals surface area (Å²) in [7, 11) is 0. The molecule has 0 saturated carbocycles. The van der Waals surface area contributed by atoms with Gasteiger partial charge in [0, 0.05) is 20.5 Å². The summed E-state index contributed by atoms with van der Waals surface area (Å²) in [4.78, 5) is 1.38. The van der Waals surface area contributed by atoms with Crippen molar-refractivity contribution in [2.45, 2.75) is 12.8 Å². The van der Waals surface area contributed by atoms with E-state index in [1.807, 2.05) is 11.3 Å². The summed E-state index contributed by atoms with van der Waals surface area (Å²) in [6.07, 6.45) is 9.25. The monoisotopic (exact) mass is 288 g/mol. The molecule has 0 spiro atoms. The molecule has 0 saturated heterocycles. The van der Waals surface area contributed by atoms with Crippen LogP contribution in [0.1, 0.15) is 18.4 Å².